The number of amides is 1. The van der Waals surface area contributed by atoms with Crippen molar-refractivity contribution in [3.63, 3.8) is 0 Å². The van der Waals surface area contributed by atoms with Crippen LogP contribution in [0.15, 0.2) is 42.5 Å². The van der Waals surface area contributed by atoms with Gasteiger partial charge >= 0.3 is 0 Å². The molecule has 0 saturated carbocycles. The quantitative estimate of drug-likeness (QED) is 0.720. The average Bonchev–Trinajstić information content (AvgIpc) is 3.26. The predicted molar refractivity (Wildman–Crippen MR) is 108 cm³/mol. The van der Waals surface area contributed by atoms with Crippen molar-refractivity contribution in [1.82, 2.24) is 9.88 Å². The van der Waals surface area contributed by atoms with Crippen LogP contribution in [0, 0.1) is 19.3 Å². The number of carbonyl (C=O) groups is 1. The highest BCUT2D eigenvalue weighted by atomic mass is 16.5. The number of hydrogen-bond donors (Lipinski definition) is 2. The maximum absolute atomic E-state index is 13.5. The molecule has 2 atom stereocenters. The summed E-state index contributed by atoms with van der Waals surface area (Å²) in [6.45, 7) is 5.62. The van der Waals surface area contributed by atoms with Gasteiger partial charge in [-0.1, -0.05) is 30.3 Å². The molecule has 2 aliphatic heterocycles. The molecule has 5 heteroatoms. The summed E-state index contributed by atoms with van der Waals surface area (Å²) >= 11 is 0. The second-order valence-electron chi connectivity index (χ2n) is 8.19. The number of aliphatic hydroxyl groups excluding tert-OH is 1. The van der Waals surface area contributed by atoms with E-state index < -0.39 is 5.41 Å². The second-order valence-corrected chi connectivity index (χ2v) is 8.19. The topological polar surface area (TPSA) is 65.6 Å². The van der Waals surface area contributed by atoms with Crippen LogP contribution >= 0.6 is 0 Å². The van der Waals surface area contributed by atoms with Crippen LogP contribution in [0.1, 0.15) is 33.1 Å². The van der Waals surface area contributed by atoms with Crippen LogP contribution in [-0.2, 0) is 0 Å². The SMILES string of the molecule is Cc1[nH]c2c(C(=O)N3C[C@@H]4c5ccccc5OC[C@]4(CO)C3)cccc2c1C. The Bertz CT molecular complexity index is 1090. The van der Waals surface area contributed by atoms with E-state index in [1.807, 2.05) is 48.2 Å². The number of ether oxygens (including phenoxy) is 1. The van der Waals surface area contributed by atoms with Crippen LogP contribution < -0.4 is 4.74 Å². The first-order valence-corrected chi connectivity index (χ1v) is 9.74. The Balaban J connectivity index is 1.54. The van der Waals surface area contributed by atoms with Crippen molar-refractivity contribution in [2.24, 2.45) is 5.41 Å². The summed E-state index contributed by atoms with van der Waals surface area (Å²) in [5.74, 6) is 0.952. The number of benzene rings is 2. The number of carbonyl (C=O) groups excluding carboxylic acids is 1. The molecule has 144 valence electrons. The van der Waals surface area contributed by atoms with E-state index in [9.17, 15) is 9.90 Å². The number of hydrogen-bond acceptors (Lipinski definition) is 3. The Morgan fingerprint density at radius 1 is 1.25 bits per heavy atom. The monoisotopic (exact) mass is 376 g/mol. The first-order valence-electron chi connectivity index (χ1n) is 9.74. The number of nitrogens with zero attached hydrogens (tertiary/aromatic N) is 1. The van der Waals surface area contributed by atoms with Crippen molar-refractivity contribution >= 4 is 16.8 Å². The van der Waals surface area contributed by atoms with Crippen molar-refractivity contribution in [2.75, 3.05) is 26.3 Å². The van der Waals surface area contributed by atoms with Crippen LogP contribution in [0.2, 0.25) is 0 Å². The lowest BCUT2D eigenvalue weighted by Gasteiger charge is -2.37. The van der Waals surface area contributed by atoms with E-state index in [-0.39, 0.29) is 18.4 Å². The van der Waals surface area contributed by atoms with Gasteiger partial charge in [-0.15, -0.1) is 0 Å². The van der Waals surface area contributed by atoms with Gasteiger partial charge < -0.3 is 19.7 Å². The lowest BCUT2D eigenvalue weighted by atomic mass is 9.74. The number of aliphatic hydroxyl groups is 1. The number of H-pyrrole nitrogens is 1. The molecular formula is C23H24N2O3. The number of aromatic amines is 1. The van der Waals surface area contributed by atoms with Crippen molar-refractivity contribution in [1.29, 1.82) is 0 Å². The standard InChI is InChI=1S/C23H24N2O3/c1-14-15(2)24-21-16(14)7-5-8-18(21)22(27)25-10-19-17-6-3-4-9-20(17)28-13-23(19,11-25)12-26/h3-9,19,24,26H,10-13H2,1-2H3/t19-,23-/m1/s1. The number of nitrogens with one attached hydrogen (secondary N) is 1. The summed E-state index contributed by atoms with van der Waals surface area (Å²) in [7, 11) is 0. The average molecular weight is 376 g/mol. The minimum absolute atomic E-state index is 0.000694. The van der Waals surface area contributed by atoms with Gasteiger partial charge in [-0.3, -0.25) is 4.79 Å². The molecule has 28 heavy (non-hydrogen) atoms. The molecule has 3 aromatic rings. The lowest BCUT2D eigenvalue weighted by molar-refractivity contribution is 0.0441. The second kappa shape index (κ2) is 6.11. The fraction of sp³-hybridized carbons (Fsp3) is 0.348. The Kier molecular flexibility index (Phi) is 3.78. The van der Waals surface area contributed by atoms with E-state index >= 15 is 0 Å². The molecule has 5 rings (SSSR count). The number of para-hydroxylation sites is 2. The zero-order valence-corrected chi connectivity index (χ0v) is 16.2. The molecule has 1 amide bonds. The highest BCUT2D eigenvalue weighted by molar-refractivity contribution is 6.06. The first-order chi connectivity index (χ1) is 13.5. The van der Waals surface area contributed by atoms with Gasteiger partial charge in [-0.05, 0) is 37.1 Å². The number of likely N-dealkylation sites (tertiary alicyclic amines) is 1. The molecular weight excluding hydrogens is 352 g/mol. The summed E-state index contributed by atoms with van der Waals surface area (Å²) < 4.78 is 5.95. The third-order valence-corrected chi connectivity index (χ3v) is 6.63. The lowest BCUT2D eigenvalue weighted by Crippen LogP contribution is -2.42. The molecule has 0 bridgehead atoms. The van der Waals surface area contributed by atoms with Gasteiger partial charge in [0.1, 0.15) is 5.75 Å². The maximum atomic E-state index is 13.5. The zero-order valence-electron chi connectivity index (χ0n) is 16.2. The molecule has 2 aromatic carbocycles. The molecule has 2 N–H and O–H groups in total. The van der Waals surface area contributed by atoms with Gasteiger partial charge in [0.25, 0.3) is 5.91 Å². The summed E-state index contributed by atoms with van der Waals surface area (Å²) in [6, 6.07) is 13.8. The molecule has 3 heterocycles. The minimum Gasteiger partial charge on any atom is -0.493 e. The smallest absolute Gasteiger partial charge is 0.256 e. The third kappa shape index (κ3) is 2.32. The maximum Gasteiger partial charge on any atom is 0.256 e. The van der Waals surface area contributed by atoms with E-state index in [0.717, 1.165) is 27.9 Å². The van der Waals surface area contributed by atoms with E-state index in [2.05, 4.69) is 18.0 Å². The fourth-order valence-electron chi connectivity index (χ4n) is 4.86. The summed E-state index contributed by atoms with van der Waals surface area (Å²) in [5, 5.41) is 11.3. The van der Waals surface area contributed by atoms with Gasteiger partial charge in [-0.25, -0.2) is 0 Å². The van der Waals surface area contributed by atoms with E-state index in [1.165, 1.54) is 5.56 Å². The van der Waals surface area contributed by atoms with Gasteiger partial charge in [0, 0.05) is 30.1 Å². The molecule has 2 aliphatic rings. The number of aryl methyl sites for hydroxylation is 2. The molecule has 0 unspecified atom stereocenters. The fourth-order valence-corrected chi connectivity index (χ4v) is 4.86. The van der Waals surface area contributed by atoms with Gasteiger partial charge in [0.05, 0.1) is 29.7 Å². The molecule has 5 nitrogen and oxygen atoms in total. The zero-order chi connectivity index (χ0) is 19.5. The number of fused-ring (bicyclic) bond motifs is 4. The van der Waals surface area contributed by atoms with E-state index in [4.69, 9.17) is 4.74 Å². The largest absolute Gasteiger partial charge is 0.493 e. The molecule has 0 radical (unpaired) electrons. The normalized spacial score (nSPS) is 23.4. The molecule has 1 fully saturated rings. The number of aromatic nitrogens is 1. The van der Waals surface area contributed by atoms with Crippen molar-refractivity contribution < 1.29 is 14.6 Å². The molecule has 1 saturated heterocycles. The van der Waals surface area contributed by atoms with Crippen LogP contribution in [0.4, 0.5) is 0 Å². The summed E-state index contributed by atoms with van der Waals surface area (Å²) in [6.07, 6.45) is 0. The molecule has 0 spiro atoms. The highest BCUT2D eigenvalue weighted by Crippen LogP contribution is 2.49. The third-order valence-electron chi connectivity index (χ3n) is 6.63. The summed E-state index contributed by atoms with van der Waals surface area (Å²) in [4.78, 5) is 18.7. The Morgan fingerprint density at radius 3 is 2.89 bits per heavy atom. The Labute approximate surface area is 163 Å². The first kappa shape index (κ1) is 17.3. The van der Waals surface area contributed by atoms with Gasteiger partial charge in [0.2, 0.25) is 0 Å². The van der Waals surface area contributed by atoms with Crippen molar-refractivity contribution in [3.05, 3.63) is 64.8 Å². The predicted octanol–water partition coefficient (Wildman–Crippen LogP) is 3.40. The van der Waals surface area contributed by atoms with Crippen molar-refractivity contribution in [2.45, 2.75) is 19.8 Å². The van der Waals surface area contributed by atoms with Crippen molar-refractivity contribution in [3.8, 4) is 5.75 Å². The minimum atomic E-state index is -0.445. The van der Waals surface area contributed by atoms with E-state index in [0.29, 0.717) is 25.3 Å². The highest BCUT2D eigenvalue weighted by Gasteiger charge is 2.52. The van der Waals surface area contributed by atoms with E-state index in [1.54, 1.807) is 0 Å². The Hall–Kier alpha value is -2.79. The Morgan fingerprint density at radius 2 is 2.07 bits per heavy atom. The van der Waals surface area contributed by atoms with Crippen LogP contribution in [0.3, 0.4) is 0 Å². The van der Waals surface area contributed by atoms with Gasteiger partial charge in [-0.2, -0.15) is 0 Å². The van der Waals surface area contributed by atoms with Crippen LogP contribution in [-0.4, -0.2) is 47.2 Å². The van der Waals surface area contributed by atoms with Crippen LogP contribution in [0.25, 0.3) is 10.9 Å². The molecule has 0 aliphatic carbocycles. The summed E-state index contributed by atoms with van der Waals surface area (Å²) in [5.41, 5.74) is 4.48. The molecule has 1 aromatic heterocycles. The van der Waals surface area contributed by atoms with Crippen LogP contribution in [0.5, 0.6) is 5.75 Å². The number of rotatable bonds is 2. The van der Waals surface area contributed by atoms with Gasteiger partial charge in [0.15, 0.2) is 0 Å².